The third-order valence-corrected chi connectivity index (χ3v) is 6.27. The molecule has 3 aromatic rings. The highest BCUT2D eigenvalue weighted by atomic mass is 32.2. The first kappa shape index (κ1) is 24.9. The molecule has 0 aliphatic carbocycles. The molecule has 0 aromatic heterocycles. The van der Waals surface area contributed by atoms with Gasteiger partial charge in [-0.3, -0.25) is 0 Å². The van der Waals surface area contributed by atoms with Crippen LogP contribution in [0.4, 0.5) is 5.69 Å². The summed E-state index contributed by atoms with van der Waals surface area (Å²) < 4.78 is 0. The second kappa shape index (κ2) is 9.82. The molecule has 0 bridgehead atoms. The Labute approximate surface area is 193 Å². The van der Waals surface area contributed by atoms with Crippen LogP contribution in [0.3, 0.4) is 0 Å². The second-order valence-electron chi connectivity index (χ2n) is 9.80. The van der Waals surface area contributed by atoms with Crippen LogP contribution in [-0.4, -0.2) is 5.11 Å². The Morgan fingerprint density at radius 3 is 2.03 bits per heavy atom. The zero-order chi connectivity index (χ0) is 21.9. The van der Waals surface area contributed by atoms with Crippen molar-refractivity contribution in [1.82, 2.24) is 0 Å². The van der Waals surface area contributed by atoms with Gasteiger partial charge in [-0.15, -0.1) is 0 Å². The van der Waals surface area contributed by atoms with E-state index in [9.17, 15) is 5.11 Å². The van der Waals surface area contributed by atoms with E-state index >= 15 is 0 Å². The summed E-state index contributed by atoms with van der Waals surface area (Å²) in [6.07, 6.45) is 0. The van der Waals surface area contributed by atoms with Gasteiger partial charge in [-0.25, -0.2) is 0 Å². The fourth-order valence-corrected chi connectivity index (χ4v) is 4.29. The first-order valence-corrected chi connectivity index (χ1v) is 11.3. The van der Waals surface area contributed by atoms with E-state index in [1.54, 1.807) is 11.8 Å². The van der Waals surface area contributed by atoms with Crippen LogP contribution in [0.5, 0.6) is 5.75 Å². The summed E-state index contributed by atoms with van der Waals surface area (Å²) in [6.45, 7) is 13.7. The van der Waals surface area contributed by atoms with E-state index < -0.39 is 0 Å². The summed E-state index contributed by atoms with van der Waals surface area (Å²) >= 11 is 1.74. The molecule has 0 unspecified atom stereocenters. The molecule has 3 rings (SSSR count). The smallest absolute Gasteiger partial charge is 0.124 e. The minimum atomic E-state index is -0.124. The fourth-order valence-electron chi connectivity index (χ4n) is 3.34. The van der Waals surface area contributed by atoms with Crippen molar-refractivity contribution in [3.8, 4) is 5.75 Å². The van der Waals surface area contributed by atoms with Crippen LogP contribution in [0.25, 0.3) is 0 Å². The predicted octanol–water partition coefficient (Wildman–Crippen LogP) is 8.39. The number of hydrogen-bond donors (Lipinski definition) is 2. The minimum absolute atomic E-state index is 0. The van der Waals surface area contributed by atoms with Crippen molar-refractivity contribution in [2.75, 3.05) is 5.32 Å². The summed E-state index contributed by atoms with van der Waals surface area (Å²) in [5, 5.41) is 14.6. The zero-order valence-electron chi connectivity index (χ0n) is 18.9. The Bertz CT molecular complexity index is 998. The van der Waals surface area contributed by atoms with Crippen molar-refractivity contribution >= 4 is 17.4 Å². The number of anilines is 1. The first-order valence-electron chi connectivity index (χ1n) is 10.5. The molecule has 3 heteroatoms. The van der Waals surface area contributed by atoms with Gasteiger partial charge in [-0.05, 0) is 52.3 Å². The van der Waals surface area contributed by atoms with Gasteiger partial charge in [0.1, 0.15) is 5.75 Å². The molecule has 31 heavy (non-hydrogen) atoms. The van der Waals surface area contributed by atoms with Gasteiger partial charge >= 0.3 is 0 Å². The maximum Gasteiger partial charge on any atom is 0.124 e. The number of aromatic hydroxyl groups is 1. The highest BCUT2D eigenvalue weighted by Crippen LogP contribution is 2.39. The molecule has 2 N–H and O–H groups in total. The molecule has 0 aliphatic rings. The molecule has 0 saturated carbocycles. The van der Waals surface area contributed by atoms with Crippen LogP contribution in [-0.2, 0) is 17.4 Å². The van der Waals surface area contributed by atoms with Crippen molar-refractivity contribution < 1.29 is 5.11 Å². The topological polar surface area (TPSA) is 32.3 Å². The summed E-state index contributed by atoms with van der Waals surface area (Å²) in [4.78, 5) is 2.38. The van der Waals surface area contributed by atoms with E-state index in [0.717, 1.165) is 16.8 Å². The van der Waals surface area contributed by atoms with Crippen molar-refractivity contribution in [2.45, 2.75) is 76.1 Å². The summed E-state index contributed by atoms with van der Waals surface area (Å²) in [5.74, 6) is 0.399. The van der Waals surface area contributed by atoms with Gasteiger partial charge < -0.3 is 10.4 Å². The predicted molar refractivity (Wildman–Crippen MR) is 137 cm³/mol. The van der Waals surface area contributed by atoms with Gasteiger partial charge in [0.2, 0.25) is 0 Å². The lowest BCUT2D eigenvalue weighted by Crippen LogP contribution is -2.18. The lowest BCUT2D eigenvalue weighted by Gasteiger charge is -2.27. The SMILES string of the molecule is C.CC(C)(C)c1cc(CNc2ccccc2Sc2ccccc2)c(O)c(C(C)(C)C)c1. The number of para-hydroxylation sites is 1. The van der Waals surface area contributed by atoms with E-state index in [1.807, 2.05) is 12.1 Å². The maximum absolute atomic E-state index is 11.1. The number of phenols is 1. The van der Waals surface area contributed by atoms with Crippen LogP contribution in [0, 0.1) is 0 Å². The highest BCUT2D eigenvalue weighted by molar-refractivity contribution is 7.99. The number of rotatable bonds is 5. The quantitative estimate of drug-likeness (QED) is 0.422. The monoisotopic (exact) mass is 435 g/mol. The van der Waals surface area contributed by atoms with E-state index in [1.165, 1.54) is 15.4 Å². The van der Waals surface area contributed by atoms with E-state index in [-0.39, 0.29) is 18.3 Å². The van der Waals surface area contributed by atoms with Crippen LogP contribution in [0.1, 0.15) is 65.7 Å². The average molecular weight is 436 g/mol. The molecular formula is C28H37NOS. The van der Waals surface area contributed by atoms with Crippen molar-refractivity contribution in [3.63, 3.8) is 0 Å². The Hall–Kier alpha value is -2.39. The molecule has 2 nitrogen and oxygen atoms in total. The third kappa shape index (κ3) is 6.30. The Balaban J connectivity index is 0.00000341. The summed E-state index contributed by atoms with van der Waals surface area (Å²) in [5.41, 5.74) is 4.15. The highest BCUT2D eigenvalue weighted by Gasteiger charge is 2.24. The van der Waals surface area contributed by atoms with E-state index in [0.29, 0.717) is 12.3 Å². The normalized spacial score (nSPS) is 11.7. The van der Waals surface area contributed by atoms with Crippen LogP contribution >= 0.6 is 11.8 Å². The molecule has 3 aromatic carbocycles. The maximum atomic E-state index is 11.1. The fraction of sp³-hybridized carbons (Fsp3) is 0.357. The number of phenolic OH excluding ortho intramolecular Hbond substituents is 1. The third-order valence-electron chi connectivity index (χ3n) is 5.19. The largest absolute Gasteiger partial charge is 0.507 e. The van der Waals surface area contributed by atoms with Gasteiger partial charge in [0.05, 0.1) is 0 Å². The van der Waals surface area contributed by atoms with Gasteiger partial charge in [-0.2, -0.15) is 0 Å². The molecule has 0 aliphatic heterocycles. The van der Waals surface area contributed by atoms with Gasteiger partial charge in [0.15, 0.2) is 0 Å². The molecule has 0 radical (unpaired) electrons. The first-order chi connectivity index (χ1) is 14.1. The van der Waals surface area contributed by atoms with Crippen molar-refractivity contribution in [1.29, 1.82) is 0 Å². The Kier molecular flexibility index (Phi) is 7.88. The summed E-state index contributed by atoms with van der Waals surface area (Å²) in [7, 11) is 0. The van der Waals surface area contributed by atoms with E-state index in [4.69, 9.17) is 0 Å². The molecule has 0 saturated heterocycles. The van der Waals surface area contributed by atoms with Crippen molar-refractivity contribution in [3.05, 3.63) is 83.4 Å². The summed E-state index contributed by atoms with van der Waals surface area (Å²) in [6, 6.07) is 23.0. The molecule has 0 atom stereocenters. The molecular weight excluding hydrogens is 398 g/mol. The standard InChI is InChI=1S/C27H33NOS.CH4/c1-26(2,3)20-16-19(25(29)22(17-20)27(4,5)6)18-28-23-14-10-11-15-24(23)30-21-12-8-7-9-13-21;/h7-17,28-29H,18H2,1-6H3;1H4. The molecule has 0 amide bonds. The number of hydrogen-bond acceptors (Lipinski definition) is 3. The second-order valence-corrected chi connectivity index (χ2v) is 10.9. The molecule has 0 spiro atoms. The average Bonchev–Trinajstić information content (AvgIpc) is 2.67. The van der Waals surface area contributed by atoms with Crippen LogP contribution in [0.15, 0.2) is 76.5 Å². The van der Waals surface area contributed by atoms with E-state index in [2.05, 4.69) is 101 Å². The lowest BCUT2D eigenvalue weighted by molar-refractivity contribution is 0.439. The Morgan fingerprint density at radius 1 is 0.806 bits per heavy atom. The minimum Gasteiger partial charge on any atom is -0.507 e. The van der Waals surface area contributed by atoms with Gasteiger partial charge in [-0.1, -0.05) is 97.1 Å². The van der Waals surface area contributed by atoms with Crippen LogP contribution in [0.2, 0.25) is 0 Å². The molecule has 166 valence electrons. The number of benzene rings is 3. The molecule has 0 fully saturated rings. The lowest BCUT2D eigenvalue weighted by atomic mass is 9.79. The van der Waals surface area contributed by atoms with Gasteiger partial charge in [0, 0.05) is 27.6 Å². The van der Waals surface area contributed by atoms with Crippen LogP contribution < -0.4 is 5.32 Å². The zero-order valence-corrected chi connectivity index (χ0v) is 19.7. The number of nitrogens with one attached hydrogen (secondary N) is 1. The molecule has 0 heterocycles. The van der Waals surface area contributed by atoms with Crippen molar-refractivity contribution in [2.24, 2.45) is 0 Å². The van der Waals surface area contributed by atoms with Gasteiger partial charge in [0.25, 0.3) is 0 Å². The Morgan fingerprint density at radius 2 is 1.42 bits per heavy atom.